The lowest BCUT2D eigenvalue weighted by Gasteiger charge is -2.34. The second-order valence-corrected chi connectivity index (χ2v) is 4.44. The summed E-state index contributed by atoms with van der Waals surface area (Å²) in [5.74, 6) is 0.188. The normalized spacial score (nSPS) is 16.7. The number of carbonyl (C=O) groups excluding carboxylic acids is 2. The van der Waals surface area contributed by atoms with E-state index in [9.17, 15) is 9.59 Å². The topological polar surface area (TPSA) is 61.9 Å². The number of hydrogen-bond donors (Lipinski definition) is 1. The van der Waals surface area contributed by atoms with E-state index in [1.54, 1.807) is 14.0 Å². The Bertz CT molecular complexity index is 276. The molecule has 0 spiro atoms. The van der Waals surface area contributed by atoms with Crippen LogP contribution in [0.2, 0.25) is 0 Å². The summed E-state index contributed by atoms with van der Waals surface area (Å²) >= 11 is 0. The molecule has 0 aromatic rings. The average molecular weight is 257 g/mol. The van der Waals surface area contributed by atoms with Gasteiger partial charge in [-0.05, 0) is 0 Å². The van der Waals surface area contributed by atoms with Crippen LogP contribution in [0.25, 0.3) is 0 Å². The van der Waals surface area contributed by atoms with Crippen LogP contribution in [0.3, 0.4) is 0 Å². The Hall–Kier alpha value is -1.14. The third-order valence-electron chi connectivity index (χ3n) is 3.10. The Morgan fingerprint density at radius 3 is 2.44 bits per heavy atom. The number of hydrogen-bond acceptors (Lipinski definition) is 4. The fourth-order valence-corrected chi connectivity index (χ4v) is 1.93. The van der Waals surface area contributed by atoms with Crippen LogP contribution in [0.15, 0.2) is 0 Å². The van der Waals surface area contributed by atoms with Gasteiger partial charge in [-0.1, -0.05) is 0 Å². The summed E-state index contributed by atoms with van der Waals surface area (Å²) in [4.78, 5) is 26.7. The van der Waals surface area contributed by atoms with Gasteiger partial charge in [0.25, 0.3) is 0 Å². The molecule has 1 fully saturated rings. The smallest absolute Gasteiger partial charge is 0.221 e. The largest absolute Gasteiger partial charge is 0.383 e. The highest BCUT2D eigenvalue weighted by Gasteiger charge is 2.18. The van der Waals surface area contributed by atoms with Gasteiger partial charge in [-0.3, -0.25) is 14.5 Å². The number of nitrogens with zero attached hydrogens (tertiary/aromatic N) is 2. The Kier molecular flexibility index (Phi) is 6.67. The molecule has 0 radical (unpaired) electrons. The van der Waals surface area contributed by atoms with Gasteiger partial charge in [-0.2, -0.15) is 0 Å². The van der Waals surface area contributed by atoms with Crippen LogP contribution in [0, 0.1) is 0 Å². The van der Waals surface area contributed by atoms with E-state index in [4.69, 9.17) is 4.74 Å². The Balaban J connectivity index is 2.10. The van der Waals surface area contributed by atoms with Crippen LogP contribution < -0.4 is 5.32 Å². The highest BCUT2D eigenvalue weighted by Crippen LogP contribution is 2.02. The van der Waals surface area contributed by atoms with Gasteiger partial charge >= 0.3 is 0 Å². The summed E-state index contributed by atoms with van der Waals surface area (Å²) in [5, 5.41) is 2.80. The van der Waals surface area contributed by atoms with E-state index < -0.39 is 0 Å². The van der Waals surface area contributed by atoms with E-state index in [2.05, 4.69) is 10.2 Å². The predicted octanol–water partition coefficient (Wildman–Crippen LogP) is -0.697. The Morgan fingerprint density at radius 2 is 1.89 bits per heavy atom. The molecule has 1 aliphatic rings. The van der Waals surface area contributed by atoms with Gasteiger partial charge in [0.05, 0.1) is 6.61 Å². The maximum absolute atomic E-state index is 11.5. The van der Waals surface area contributed by atoms with Crippen molar-refractivity contribution in [3.05, 3.63) is 0 Å². The molecule has 1 heterocycles. The van der Waals surface area contributed by atoms with Crippen molar-refractivity contribution in [2.45, 2.75) is 13.3 Å². The van der Waals surface area contributed by atoms with Crippen LogP contribution in [-0.2, 0) is 14.3 Å². The number of rotatable bonds is 6. The minimum Gasteiger partial charge on any atom is -0.383 e. The van der Waals surface area contributed by atoms with Crippen LogP contribution in [0.4, 0.5) is 0 Å². The van der Waals surface area contributed by atoms with E-state index in [1.807, 2.05) is 4.90 Å². The number of methoxy groups -OCH3 is 1. The van der Waals surface area contributed by atoms with Gasteiger partial charge in [0.15, 0.2) is 0 Å². The molecule has 0 aliphatic carbocycles. The number of ether oxygens (including phenoxy) is 1. The summed E-state index contributed by atoms with van der Waals surface area (Å²) in [5.41, 5.74) is 0. The Morgan fingerprint density at radius 1 is 1.22 bits per heavy atom. The molecule has 104 valence electrons. The fraction of sp³-hybridized carbons (Fsp3) is 0.833. The van der Waals surface area contributed by atoms with Gasteiger partial charge in [-0.25, -0.2) is 0 Å². The van der Waals surface area contributed by atoms with Crippen LogP contribution in [0.1, 0.15) is 13.3 Å². The highest BCUT2D eigenvalue weighted by atomic mass is 16.5. The molecule has 0 bridgehead atoms. The molecule has 1 saturated heterocycles. The minimum absolute atomic E-state index is 0.0565. The van der Waals surface area contributed by atoms with Gasteiger partial charge in [0, 0.05) is 59.7 Å². The van der Waals surface area contributed by atoms with Crippen molar-refractivity contribution >= 4 is 11.8 Å². The standard InChI is InChI=1S/C12H23N3O3/c1-11(16)15-8-6-14(7-9-15)5-3-12(17)13-4-10-18-2/h3-10H2,1-2H3,(H,13,17). The van der Waals surface area contributed by atoms with Crippen molar-refractivity contribution in [2.24, 2.45) is 0 Å². The molecule has 0 atom stereocenters. The highest BCUT2D eigenvalue weighted by molar-refractivity contribution is 5.76. The van der Waals surface area contributed by atoms with Gasteiger partial charge in [-0.15, -0.1) is 0 Å². The average Bonchev–Trinajstić information content (AvgIpc) is 2.37. The van der Waals surface area contributed by atoms with E-state index in [1.165, 1.54) is 0 Å². The second-order valence-electron chi connectivity index (χ2n) is 4.44. The first-order chi connectivity index (χ1) is 8.63. The third kappa shape index (κ3) is 5.46. The van der Waals surface area contributed by atoms with Crippen LogP contribution >= 0.6 is 0 Å². The molecule has 6 heteroatoms. The lowest BCUT2D eigenvalue weighted by molar-refractivity contribution is -0.131. The van der Waals surface area contributed by atoms with E-state index >= 15 is 0 Å². The zero-order valence-corrected chi connectivity index (χ0v) is 11.3. The first-order valence-corrected chi connectivity index (χ1v) is 6.37. The monoisotopic (exact) mass is 257 g/mol. The molecule has 1 rings (SSSR count). The van der Waals surface area contributed by atoms with Crippen molar-refractivity contribution in [3.8, 4) is 0 Å². The Labute approximate surface area is 108 Å². The zero-order valence-electron chi connectivity index (χ0n) is 11.3. The lowest BCUT2D eigenvalue weighted by atomic mass is 10.3. The van der Waals surface area contributed by atoms with Crippen molar-refractivity contribution in [1.29, 1.82) is 0 Å². The molecule has 0 unspecified atom stereocenters. The number of amides is 2. The first kappa shape index (κ1) is 14.9. The summed E-state index contributed by atoms with van der Waals surface area (Å²) in [6, 6.07) is 0. The lowest BCUT2D eigenvalue weighted by Crippen LogP contribution is -2.48. The predicted molar refractivity (Wildman–Crippen MR) is 68.2 cm³/mol. The van der Waals surface area contributed by atoms with E-state index in [0.29, 0.717) is 19.6 Å². The van der Waals surface area contributed by atoms with Gasteiger partial charge in [0.1, 0.15) is 0 Å². The van der Waals surface area contributed by atoms with E-state index in [-0.39, 0.29) is 11.8 Å². The minimum atomic E-state index is 0.0565. The maximum atomic E-state index is 11.5. The molecule has 18 heavy (non-hydrogen) atoms. The quantitative estimate of drug-likeness (QED) is 0.639. The molecule has 2 amide bonds. The first-order valence-electron chi connectivity index (χ1n) is 6.37. The number of piperazine rings is 1. The van der Waals surface area contributed by atoms with Crippen LogP contribution in [0.5, 0.6) is 0 Å². The molecular weight excluding hydrogens is 234 g/mol. The maximum Gasteiger partial charge on any atom is 0.221 e. The number of nitrogens with one attached hydrogen (secondary N) is 1. The van der Waals surface area contributed by atoms with Crippen molar-refractivity contribution in [1.82, 2.24) is 15.1 Å². The number of carbonyl (C=O) groups is 2. The summed E-state index contributed by atoms with van der Waals surface area (Å²) in [6.07, 6.45) is 0.504. The van der Waals surface area contributed by atoms with Gasteiger partial charge in [0.2, 0.25) is 11.8 Å². The van der Waals surface area contributed by atoms with E-state index in [0.717, 1.165) is 32.7 Å². The molecule has 0 aromatic heterocycles. The summed E-state index contributed by atoms with van der Waals surface area (Å²) in [7, 11) is 1.61. The molecular formula is C12H23N3O3. The fourth-order valence-electron chi connectivity index (χ4n) is 1.93. The molecule has 1 aliphatic heterocycles. The van der Waals surface area contributed by atoms with Crippen molar-refractivity contribution in [2.75, 3.05) is 53.0 Å². The summed E-state index contributed by atoms with van der Waals surface area (Å²) in [6.45, 7) is 6.69. The molecule has 0 saturated carbocycles. The molecule has 1 N–H and O–H groups in total. The third-order valence-corrected chi connectivity index (χ3v) is 3.10. The zero-order chi connectivity index (χ0) is 13.4. The van der Waals surface area contributed by atoms with Gasteiger partial charge < -0.3 is 15.0 Å². The molecule has 6 nitrogen and oxygen atoms in total. The summed E-state index contributed by atoms with van der Waals surface area (Å²) < 4.78 is 4.86. The van der Waals surface area contributed by atoms with Crippen molar-refractivity contribution in [3.63, 3.8) is 0 Å². The van der Waals surface area contributed by atoms with Crippen molar-refractivity contribution < 1.29 is 14.3 Å². The SMILES string of the molecule is COCCNC(=O)CCN1CCN(C(C)=O)CC1. The molecule has 0 aromatic carbocycles. The van der Waals surface area contributed by atoms with Crippen LogP contribution in [-0.4, -0.2) is 74.6 Å². The second kappa shape index (κ2) is 8.05.